The normalized spacial score (nSPS) is 12.9. The predicted octanol–water partition coefficient (Wildman–Crippen LogP) is 15.0. The smallest absolute Gasteiger partial charge is 0.337 e. The summed E-state index contributed by atoms with van der Waals surface area (Å²) in [6.45, 7) is 14.9. The second-order valence-electron chi connectivity index (χ2n) is 27.4. The lowest BCUT2D eigenvalue weighted by Gasteiger charge is -2.26. The number of aliphatic hydroxyl groups is 1. The first-order valence-corrected chi connectivity index (χ1v) is 44.6. The van der Waals surface area contributed by atoms with E-state index in [-0.39, 0.29) is 77.1 Å². The van der Waals surface area contributed by atoms with Crippen LogP contribution in [0.1, 0.15) is 93.4 Å². The summed E-state index contributed by atoms with van der Waals surface area (Å²) in [5.41, 5.74) is 20.7. The van der Waals surface area contributed by atoms with Gasteiger partial charge >= 0.3 is 23.1 Å². The van der Waals surface area contributed by atoms with Gasteiger partial charge in [-0.2, -0.15) is 0 Å². The maximum absolute atomic E-state index is 12.5. The van der Waals surface area contributed by atoms with Crippen LogP contribution in [0.3, 0.4) is 0 Å². The average Bonchev–Trinajstić information content (AvgIpc) is 1.70. The van der Waals surface area contributed by atoms with Crippen LogP contribution in [0.4, 0.5) is 11.4 Å². The fourth-order valence-corrected chi connectivity index (χ4v) is 16.6. The van der Waals surface area contributed by atoms with Gasteiger partial charge in [0.15, 0.2) is 25.3 Å². The number of nitrogens with one attached hydrogen (secondary N) is 6. The number of nitrogens with zero attached hydrogens (tertiary/aromatic N) is 5. The maximum Gasteiger partial charge on any atom is 0.337 e. The number of aliphatic hydroxyl groups excluding tert-OH is 1. The number of esters is 3. The Hall–Kier alpha value is -9.89. The van der Waals surface area contributed by atoms with Crippen LogP contribution in [0.5, 0.6) is 23.0 Å². The summed E-state index contributed by atoms with van der Waals surface area (Å²) in [5, 5.41) is 14.0. The minimum Gasteiger partial charge on any atom is -1.00 e. The molecule has 0 radical (unpaired) electrons. The van der Waals surface area contributed by atoms with Crippen molar-refractivity contribution in [3.8, 4) is 23.0 Å². The van der Waals surface area contributed by atoms with Gasteiger partial charge in [-0.3, -0.25) is 19.5 Å². The second kappa shape index (κ2) is 56.4. The summed E-state index contributed by atoms with van der Waals surface area (Å²) >= 11 is 14.9. The number of nitrogens with two attached hydrogens (primary N) is 1. The maximum atomic E-state index is 12.5. The number of imidazole rings is 3. The number of nitrogen functional groups attached to an aromatic ring is 1. The number of morpholine rings is 3. The molecule has 3 fully saturated rings. The van der Waals surface area contributed by atoms with Crippen molar-refractivity contribution >= 4 is 153 Å². The number of methoxy groups -OCH3 is 5. The molecule has 9 N–H and O–H groups in total. The number of thioether (sulfide) groups is 3. The third kappa shape index (κ3) is 33.9. The van der Waals surface area contributed by atoms with E-state index in [1.807, 2.05) is 140 Å². The van der Waals surface area contributed by atoms with E-state index in [2.05, 4.69) is 76.7 Å². The molecule has 3 aliphatic rings. The van der Waals surface area contributed by atoms with Gasteiger partial charge in [0.05, 0.1) is 142 Å². The Labute approximate surface area is 783 Å². The van der Waals surface area contributed by atoms with Gasteiger partial charge in [-0.15, -0.1) is 11.3 Å². The number of fused-ring (bicyclic) bond motifs is 4. The predicted molar refractivity (Wildman–Crippen MR) is 514 cm³/mol. The summed E-state index contributed by atoms with van der Waals surface area (Å²) < 4.78 is 54.8. The van der Waals surface area contributed by atoms with E-state index >= 15 is 0 Å². The Morgan fingerprint density at radius 3 is 1.46 bits per heavy atom. The zero-order valence-corrected chi connectivity index (χ0v) is 76.1. The lowest BCUT2D eigenvalue weighted by atomic mass is 10.1. The topological polar surface area (TPSA) is 332 Å². The molecule has 7 heterocycles. The number of rotatable bonds is 27. The summed E-state index contributed by atoms with van der Waals surface area (Å²) in [5.74, 6) is 4.57. The van der Waals surface area contributed by atoms with Crippen molar-refractivity contribution in [3.05, 3.63) is 243 Å². The van der Waals surface area contributed by atoms with Crippen molar-refractivity contribution in [3.63, 3.8) is 0 Å². The first kappa shape index (κ1) is 106. The Bertz CT molecular complexity index is 5510. The van der Waals surface area contributed by atoms with Crippen LogP contribution in [0.15, 0.2) is 209 Å². The summed E-state index contributed by atoms with van der Waals surface area (Å²) in [4.78, 5) is 78.8. The second-order valence-corrected chi connectivity index (χ2v) is 32.6. The molecule has 682 valence electrons. The number of anilines is 2. The summed E-state index contributed by atoms with van der Waals surface area (Å²) in [6.07, 6.45) is 0. The van der Waals surface area contributed by atoms with Crippen molar-refractivity contribution in [2.24, 2.45) is 0 Å². The molecule has 27 nitrogen and oxygen atoms in total. The van der Waals surface area contributed by atoms with Gasteiger partial charge in [-0.05, 0) is 161 Å². The van der Waals surface area contributed by atoms with Crippen molar-refractivity contribution in [1.82, 2.24) is 44.6 Å². The number of H-pyrrole nitrogens is 5. The van der Waals surface area contributed by atoms with Gasteiger partial charge in [0.2, 0.25) is 0 Å². The highest BCUT2D eigenvalue weighted by Gasteiger charge is 2.18. The quantitative estimate of drug-likeness (QED) is 0.00628. The van der Waals surface area contributed by atoms with E-state index in [4.69, 9.17) is 70.7 Å². The van der Waals surface area contributed by atoms with E-state index < -0.39 is 0 Å². The molecule has 3 aliphatic heterocycles. The molecule has 127 heavy (non-hydrogen) atoms. The minimum atomic E-state index is -0.325. The number of halogens is 2. The SMILES string of the molecule is C.C.C.C.COC(=O)c1ccc(CBr)cc1.COC(=O)c1ccc(CSc2[nH]c3cc(OC)ccc3[nH+]2)cc1.COC(=O)c1ccc(CSc2nc3ccc(OCCN4CCOCC4)cc3[nH]2)cc1.COc1ccc2[nH]c(=S)[nH]c2c1.Nc1ccccc1NC(=O)c1ccc(CSc2nc3ccc(OCCN4CCOCC4)cc3s2)cc1.OCCN1CCOCC1.[Br-]. The molecule has 0 aliphatic carbocycles. The Balaban J connectivity index is 0.000000248. The number of aromatic amines is 5. The highest BCUT2D eigenvalue weighted by molar-refractivity contribution is 9.08. The first-order valence-electron chi connectivity index (χ1n) is 39.3. The number of para-hydroxylation sites is 2. The minimum absolute atomic E-state index is 0. The molecule has 4 aromatic heterocycles. The number of alkyl halides is 1. The number of benzene rings is 9. The van der Waals surface area contributed by atoms with Crippen LogP contribution >= 0.6 is 74.8 Å². The van der Waals surface area contributed by atoms with Gasteiger partial charge in [0.1, 0.15) is 36.2 Å². The van der Waals surface area contributed by atoms with Gasteiger partial charge in [-0.25, -0.2) is 34.3 Å². The van der Waals surface area contributed by atoms with Crippen LogP contribution < -0.4 is 52.0 Å². The Morgan fingerprint density at radius 2 is 0.953 bits per heavy atom. The molecule has 0 atom stereocenters. The molecular weight excluding hydrogens is 1850 g/mol. The van der Waals surface area contributed by atoms with Crippen LogP contribution in [0.25, 0.3) is 43.3 Å². The summed E-state index contributed by atoms with van der Waals surface area (Å²) in [7, 11) is 7.44. The van der Waals surface area contributed by atoms with Crippen molar-refractivity contribution in [1.29, 1.82) is 0 Å². The number of amides is 1. The monoisotopic (exact) mass is 1960 g/mol. The first-order chi connectivity index (χ1) is 59.5. The van der Waals surface area contributed by atoms with E-state index in [1.165, 1.54) is 21.3 Å². The number of aromatic nitrogens is 7. The van der Waals surface area contributed by atoms with Gasteiger partial charge < -0.3 is 95.5 Å². The van der Waals surface area contributed by atoms with Crippen molar-refractivity contribution < 1.29 is 93.6 Å². The molecule has 3 saturated heterocycles. The Kier molecular flexibility index (Phi) is 47.1. The van der Waals surface area contributed by atoms with Gasteiger partial charge in [-0.1, -0.05) is 130 Å². The van der Waals surface area contributed by atoms with Gasteiger partial charge in [0, 0.05) is 105 Å². The van der Waals surface area contributed by atoms with E-state index in [0.717, 1.165) is 224 Å². The molecule has 13 aromatic rings. The zero-order valence-electron chi connectivity index (χ0n) is 68.8. The number of ether oxygens (including phenoxy) is 10. The fourth-order valence-electron chi connectivity index (χ4n) is 12.3. The van der Waals surface area contributed by atoms with E-state index in [9.17, 15) is 19.2 Å². The van der Waals surface area contributed by atoms with Crippen molar-refractivity contribution in [2.45, 2.75) is 66.9 Å². The number of carbonyl (C=O) groups is 4. The molecule has 0 spiro atoms. The number of thiazole rings is 1. The van der Waals surface area contributed by atoms with Crippen molar-refractivity contribution in [2.75, 3.05) is 165 Å². The molecule has 0 saturated carbocycles. The number of hydrogen-bond acceptors (Lipinski definition) is 26. The standard InChI is InChI=1S/C27H28N4O3S2.C22H25N3O4S.C17H16N2O3S.C9H9BrO2.C8H8N2OS.C6H13NO2.4CH4.BrH/c28-22-3-1-2-4-23(22)29-26(32)20-7-5-19(6-8-20)18-35-27-30-24-10-9-21(17-25(24)36-27)34-16-13-31-11-14-33-15-12-31;1-27-21(26)17-4-2-16(3-5-17)15-30-22-23-19-7-6-18(14-20(19)24-22)29-13-10-25-8-11-28-12-9-25;1-21-13-7-8-14-15(9-13)19-17(18-14)23-10-11-3-5-12(6-4-11)16(20)22-2;1-12-9(11)8-4-2-7(6-10)3-5-8;1-11-5-2-3-6-7(4-5)10-8(12)9-6;8-4-1-7-2-5-9-6-3-7;;;;;/h1-10,17H,11-16,18,28H2,(H,29,32);2-7,14H,8-13,15H2,1H3,(H,23,24);3-9H,10H2,1-2H3,(H,18,19);2-5H,6H2,1H3;2-4H,1H3,(H2,9,10,12);8H,1-6H2;4*1H4;1H. The molecule has 16 rings (SSSR count). The Morgan fingerprint density at radius 1 is 0.504 bits per heavy atom. The molecule has 9 aromatic carbocycles. The number of β-amino-alcohol motifs (C(OH)–C–C–N with tert-alkyl or cyclic N) is 1. The highest BCUT2D eigenvalue weighted by Crippen LogP contribution is 2.35. The molecule has 1 amide bonds. The number of carbonyl (C=O) groups excluding carboxylic acids is 4. The lowest BCUT2D eigenvalue weighted by molar-refractivity contribution is -0.396. The number of hydrogen-bond donors (Lipinski definition) is 7. The molecule has 0 unspecified atom stereocenters. The van der Waals surface area contributed by atoms with Gasteiger partial charge in [0.25, 0.3) is 5.91 Å². The third-order valence-electron chi connectivity index (χ3n) is 19.1. The van der Waals surface area contributed by atoms with Crippen LogP contribution in [-0.2, 0) is 51.0 Å². The lowest BCUT2D eigenvalue weighted by Crippen LogP contribution is -3.00. The molecule has 34 heteroatoms. The highest BCUT2D eigenvalue weighted by atomic mass is 79.9. The zero-order chi connectivity index (χ0) is 85.8. The van der Waals surface area contributed by atoms with E-state index in [0.29, 0.717) is 51.6 Å². The van der Waals surface area contributed by atoms with E-state index in [1.54, 1.807) is 109 Å². The summed E-state index contributed by atoms with van der Waals surface area (Å²) in [6, 6.07) is 60.6. The van der Waals surface area contributed by atoms with Crippen LogP contribution in [-0.4, -0.2) is 227 Å². The fraction of sp³-hybridized carbons (Fsp3) is 0.333. The largest absolute Gasteiger partial charge is 1.00 e. The molecular formula is C93H116Br2N12O15S5. The van der Waals surface area contributed by atoms with Crippen LogP contribution in [0, 0.1) is 4.77 Å². The molecule has 0 bridgehead atoms. The third-order valence-corrected chi connectivity index (χ3v) is 24.1. The van der Waals surface area contributed by atoms with Crippen LogP contribution in [0.2, 0.25) is 0 Å². The average molecular weight is 1960 g/mol.